The highest BCUT2D eigenvalue weighted by molar-refractivity contribution is 5.96. The zero-order valence-corrected chi connectivity index (χ0v) is 30.4. The molecule has 0 aliphatic carbocycles. The van der Waals surface area contributed by atoms with E-state index in [0.717, 1.165) is 38.2 Å². The summed E-state index contributed by atoms with van der Waals surface area (Å²) in [6.07, 6.45) is 4.90. The van der Waals surface area contributed by atoms with E-state index in [2.05, 4.69) is 34.5 Å². The summed E-state index contributed by atoms with van der Waals surface area (Å²) < 4.78 is 16.5. The van der Waals surface area contributed by atoms with Crippen LogP contribution in [0.1, 0.15) is 47.3 Å². The van der Waals surface area contributed by atoms with Gasteiger partial charge < -0.3 is 39.3 Å². The molecule has 0 saturated carbocycles. The van der Waals surface area contributed by atoms with Gasteiger partial charge in [-0.2, -0.15) is 0 Å². The zero-order chi connectivity index (χ0) is 36.7. The Morgan fingerprint density at radius 2 is 1.46 bits per heavy atom. The second-order valence-electron chi connectivity index (χ2n) is 14.0. The average molecular weight is 715 g/mol. The molecule has 3 aliphatic rings. The summed E-state index contributed by atoms with van der Waals surface area (Å²) in [4.78, 5) is 51.5. The number of methoxy groups -OCH3 is 3. The molecular formula is C39H50N6O7. The van der Waals surface area contributed by atoms with Gasteiger partial charge in [-0.15, -0.1) is 0 Å². The van der Waals surface area contributed by atoms with E-state index in [4.69, 9.17) is 24.3 Å². The summed E-state index contributed by atoms with van der Waals surface area (Å²) in [6.45, 7) is 5.61. The predicted octanol–water partition coefficient (Wildman–Crippen LogP) is 3.68. The molecule has 13 nitrogen and oxygen atoms in total. The fourth-order valence-electron chi connectivity index (χ4n) is 8.01. The zero-order valence-electron chi connectivity index (χ0n) is 30.4. The molecule has 1 atom stereocenters. The first-order chi connectivity index (χ1) is 25.2. The van der Waals surface area contributed by atoms with Crippen LogP contribution in [0.5, 0.6) is 17.2 Å². The van der Waals surface area contributed by atoms with Gasteiger partial charge in [0.15, 0.2) is 11.5 Å². The number of aromatic nitrogens is 1. The number of pyridine rings is 1. The lowest BCUT2D eigenvalue weighted by atomic mass is 9.76. The summed E-state index contributed by atoms with van der Waals surface area (Å²) in [5, 5.41) is 12.5. The molecule has 2 N–H and O–H groups in total. The quantitative estimate of drug-likeness (QED) is 0.286. The lowest BCUT2D eigenvalue weighted by Crippen LogP contribution is -2.59. The molecule has 278 valence electrons. The third-order valence-corrected chi connectivity index (χ3v) is 11.1. The second-order valence-corrected chi connectivity index (χ2v) is 14.0. The highest BCUT2D eigenvalue weighted by Gasteiger charge is 2.44. The third kappa shape index (κ3) is 7.95. The SMILES string of the molecule is COc1cc(C(=O)N2CCC(CCN3CCC(NC(=O)N4CCN(CC(=O)O)CC4)(c4ccccn4)CC3)(c3ccccc3)C2)cc(OC)c1OC. The number of piperazine rings is 1. The molecule has 0 bridgehead atoms. The van der Waals surface area contributed by atoms with E-state index < -0.39 is 11.5 Å². The number of urea groups is 1. The Balaban J connectivity index is 1.13. The van der Waals surface area contributed by atoms with Gasteiger partial charge in [-0.1, -0.05) is 36.4 Å². The first-order valence-electron chi connectivity index (χ1n) is 18.0. The van der Waals surface area contributed by atoms with Crippen LogP contribution in [0, 0.1) is 0 Å². The highest BCUT2D eigenvalue weighted by atomic mass is 16.5. The number of rotatable bonds is 12. The summed E-state index contributed by atoms with van der Waals surface area (Å²) in [5.74, 6) is 0.405. The molecule has 2 aromatic carbocycles. The summed E-state index contributed by atoms with van der Waals surface area (Å²) in [6, 6.07) is 19.6. The third-order valence-electron chi connectivity index (χ3n) is 11.1. The van der Waals surface area contributed by atoms with Crippen LogP contribution in [0.2, 0.25) is 0 Å². The Hall–Kier alpha value is -4.88. The number of ether oxygens (including phenoxy) is 3. The minimum Gasteiger partial charge on any atom is -0.493 e. The van der Waals surface area contributed by atoms with Crippen molar-refractivity contribution in [2.45, 2.75) is 36.6 Å². The molecule has 1 aromatic heterocycles. The molecule has 3 aromatic rings. The minimum absolute atomic E-state index is 0.0177. The number of carbonyl (C=O) groups excluding carboxylic acids is 2. The Kier molecular flexibility index (Phi) is 11.5. The van der Waals surface area contributed by atoms with Gasteiger partial charge in [-0.3, -0.25) is 19.5 Å². The molecule has 0 spiro atoms. The fourth-order valence-corrected chi connectivity index (χ4v) is 8.01. The summed E-state index contributed by atoms with van der Waals surface area (Å²) in [5.41, 5.74) is 1.74. The van der Waals surface area contributed by atoms with E-state index in [0.29, 0.717) is 74.9 Å². The topological polar surface area (TPSA) is 137 Å². The van der Waals surface area contributed by atoms with Crippen LogP contribution in [-0.4, -0.2) is 134 Å². The lowest BCUT2D eigenvalue weighted by Gasteiger charge is -2.44. The van der Waals surface area contributed by atoms with Crippen LogP contribution >= 0.6 is 0 Å². The van der Waals surface area contributed by atoms with Gasteiger partial charge in [-0.05, 0) is 62.1 Å². The number of benzene rings is 2. The molecular weight excluding hydrogens is 664 g/mol. The molecule has 1 unspecified atom stereocenters. The number of hydrogen-bond donors (Lipinski definition) is 2. The maximum absolute atomic E-state index is 14.0. The van der Waals surface area contributed by atoms with Crippen molar-refractivity contribution in [3.8, 4) is 17.2 Å². The number of carboxylic acid groups (broad SMARTS) is 1. The molecule has 6 rings (SSSR count). The lowest BCUT2D eigenvalue weighted by molar-refractivity contribution is -0.138. The molecule has 3 amide bonds. The Labute approximate surface area is 305 Å². The molecule has 52 heavy (non-hydrogen) atoms. The first kappa shape index (κ1) is 36.9. The smallest absolute Gasteiger partial charge is 0.318 e. The highest BCUT2D eigenvalue weighted by Crippen LogP contribution is 2.42. The van der Waals surface area contributed by atoms with Gasteiger partial charge in [0.1, 0.15) is 0 Å². The van der Waals surface area contributed by atoms with Crippen molar-refractivity contribution in [1.29, 1.82) is 0 Å². The van der Waals surface area contributed by atoms with E-state index in [1.54, 1.807) is 44.6 Å². The van der Waals surface area contributed by atoms with E-state index in [9.17, 15) is 14.4 Å². The van der Waals surface area contributed by atoms with Crippen LogP contribution in [0.15, 0.2) is 66.9 Å². The number of nitrogens with one attached hydrogen (secondary N) is 1. The van der Waals surface area contributed by atoms with Crippen molar-refractivity contribution in [2.24, 2.45) is 0 Å². The van der Waals surface area contributed by atoms with E-state index in [1.807, 2.05) is 34.1 Å². The molecule has 13 heteroatoms. The first-order valence-corrected chi connectivity index (χ1v) is 18.0. The molecule has 4 heterocycles. The Morgan fingerprint density at radius 1 is 0.788 bits per heavy atom. The van der Waals surface area contributed by atoms with Gasteiger partial charge >= 0.3 is 12.0 Å². The predicted molar refractivity (Wildman–Crippen MR) is 195 cm³/mol. The maximum atomic E-state index is 14.0. The van der Waals surface area contributed by atoms with Gasteiger partial charge in [0.05, 0.1) is 39.1 Å². The van der Waals surface area contributed by atoms with Crippen molar-refractivity contribution in [2.75, 3.05) is 86.8 Å². The molecule has 3 saturated heterocycles. The minimum atomic E-state index is -0.858. The summed E-state index contributed by atoms with van der Waals surface area (Å²) in [7, 11) is 4.64. The van der Waals surface area contributed by atoms with Gasteiger partial charge in [0.2, 0.25) is 5.75 Å². The van der Waals surface area contributed by atoms with E-state index in [-0.39, 0.29) is 23.9 Å². The number of amides is 3. The molecule has 0 radical (unpaired) electrons. The number of carbonyl (C=O) groups is 3. The Bertz CT molecular complexity index is 1670. The second kappa shape index (κ2) is 16.2. The standard InChI is InChI=1S/C39H50N6O7/c1-50-31-25-29(26-32(51-2)35(31)52-3)36(48)45-20-13-38(28-45,30-9-5-4-6-10-30)12-17-42-18-14-39(15-19-42,33-11-7-8-16-40-33)41-37(49)44-23-21-43(22-24-44)27-34(46)47/h4-11,16,25-26H,12-15,17-24,27-28H2,1-3H3,(H,41,49)(H,46,47). The van der Waals surface area contributed by atoms with Gasteiger partial charge in [0.25, 0.3) is 5.91 Å². The number of hydrogen-bond acceptors (Lipinski definition) is 9. The van der Waals surface area contributed by atoms with Crippen LogP contribution in [0.25, 0.3) is 0 Å². The van der Waals surface area contributed by atoms with Crippen LogP contribution in [-0.2, 0) is 15.7 Å². The fraction of sp³-hybridized carbons (Fsp3) is 0.487. The van der Waals surface area contributed by atoms with E-state index >= 15 is 0 Å². The van der Waals surface area contributed by atoms with Crippen LogP contribution in [0.3, 0.4) is 0 Å². The monoisotopic (exact) mass is 714 g/mol. The number of aliphatic carboxylic acids is 1. The van der Waals surface area contributed by atoms with Crippen molar-refractivity contribution in [3.05, 3.63) is 83.7 Å². The largest absolute Gasteiger partial charge is 0.493 e. The normalized spacial score (nSPS) is 20.7. The van der Waals surface area contributed by atoms with Crippen molar-refractivity contribution in [3.63, 3.8) is 0 Å². The van der Waals surface area contributed by atoms with Crippen LogP contribution < -0.4 is 19.5 Å². The number of carboxylic acids is 1. The van der Waals surface area contributed by atoms with Crippen LogP contribution in [0.4, 0.5) is 4.79 Å². The molecule has 3 fully saturated rings. The van der Waals surface area contributed by atoms with Crippen molar-refractivity contribution in [1.82, 2.24) is 29.9 Å². The average Bonchev–Trinajstić information content (AvgIpc) is 3.63. The Morgan fingerprint density at radius 3 is 2.06 bits per heavy atom. The summed E-state index contributed by atoms with van der Waals surface area (Å²) >= 11 is 0. The number of piperidine rings is 1. The molecule has 3 aliphatic heterocycles. The number of nitrogens with zero attached hydrogens (tertiary/aromatic N) is 5. The van der Waals surface area contributed by atoms with E-state index in [1.165, 1.54) is 5.56 Å². The van der Waals surface area contributed by atoms with Gasteiger partial charge in [0, 0.05) is 69.5 Å². The number of likely N-dealkylation sites (tertiary alicyclic amines) is 2. The maximum Gasteiger partial charge on any atom is 0.318 e. The van der Waals surface area contributed by atoms with Crippen molar-refractivity contribution < 1.29 is 33.7 Å². The van der Waals surface area contributed by atoms with Crippen molar-refractivity contribution >= 4 is 17.9 Å². The van der Waals surface area contributed by atoms with Gasteiger partial charge in [-0.25, -0.2) is 4.79 Å².